The van der Waals surface area contributed by atoms with Crippen LogP contribution in [0.15, 0.2) is 42.5 Å². The largest absolute Gasteiger partial charge is 0.445 e. The summed E-state index contributed by atoms with van der Waals surface area (Å²) in [5.41, 5.74) is 11.1. The van der Waals surface area contributed by atoms with E-state index in [1.165, 1.54) is 48.9 Å². The third-order valence-corrected chi connectivity index (χ3v) is 22.1. The van der Waals surface area contributed by atoms with Gasteiger partial charge in [-0.1, -0.05) is 93.4 Å². The van der Waals surface area contributed by atoms with Gasteiger partial charge in [-0.05, 0) is 124 Å². The number of carbonyl (C=O) groups excluding carboxylic acids is 12. The van der Waals surface area contributed by atoms with Gasteiger partial charge in [0.15, 0.2) is 0 Å². The molecule has 28 nitrogen and oxygen atoms in total. The molecule has 2 aromatic rings. The number of nitrogens with zero attached hydrogens (tertiary/aromatic N) is 5. The summed E-state index contributed by atoms with van der Waals surface area (Å²) >= 11 is 1.40. The summed E-state index contributed by atoms with van der Waals surface area (Å²) in [6.07, 6.45) is 1.40. The summed E-state index contributed by atoms with van der Waals surface area (Å²) in [5, 5.41) is 16.1. The fraction of sp³-hybridized carbons (Fsp3) is 0.680. The van der Waals surface area contributed by atoms with Gasteiger partial charge in [-0.3, -0.25) is 57.7 Å². The lowest BCUT2D eigenvalue weighted by Gasteiger charge is -2.41. The molecule has 0 radical (unpaired) electrons. The number of amides is 13. The third kappa shape index (κ3) is 25.6. The number of nitrogens with two attached hydrogens (primary N) is 2. The summed E-state index contributed by atoms with van der Waals surface area (Å²) in [6.45, 7) is 16.4. The number of hydrogen-bond acceptors (Lipinski definition) is 17. The molecule has 2 saturated heterocycles. The Kier molecular flexibility index (Phi) is 35.0. The van der Waals surface area contributed by atoms with Crippen LogP contribution in [0.25, 0.3) is 0 Å². The molecule has 1 unspecified atom stereocenters. The molecule has 2 aromatic carbocycles. The number of likely N-dealkylation sites (tertiary alicyclic amines) is 2. The van der Waals surface area contributed by atoms with Gasteiger partial charge in [0, 0.05) is 90.8 Å². The van der Waals surface area contributed by atoms with Gasteiger partial charge in [0.05, 0.1) is 54.0 Å². The smallest absolute Gasteiger partial charge is 0.410 e. The number of likely N-dealkylation sites (N-methyl/N-ethyl adjacent to an activating group) is 3. The number of halogens is 2. The lowest BCUT2D eigenvalue weighted by molar-refractivity contribution is -0.148. The summed E-state index contributed by atoms with van der Waals surface area (Å²) in [5.74, 6) is -7.11. The predicted molar refractivity (Wildman–Crippen MR) is 398 cm³/mol. The quantitative estimate of drug-likeness (QED) is 0.0295. The number of urea groups is 1. The van der Waals surface area contributed by atoms with E-state index in [1.807, 2.05) is 41.5 Å². The van der Waals surface area contributed by atoms with Crippen molar-refractivity contribution in [2.45, 2.75) is 219 Å². The van der Waals surface area contributed by atoms with Crippen molar-refractivity contribution in [1.29, 1.82) is 0 Å². The normalized spacial score (nSPS) is 18.8. The van der Waals surface area contributed by atoms with Crippen LogP contribution < -0.4 is 43.4 Å². The summed E-state index contributed by atoms with van der Waals surface area (Å²) in [4.78, 5) is 170. The maximum absolute atomic E-state index is 15.2. The number of thioether (sulfide) groups is 1. The third-order valence-electron chi connectivity index (χ3n) is 20.6. The van der Waals surface area contributed by atoms with Gasteiger partial charge in [-0.25, -0.2) is 18.4 Å². The topological polar surface area (TPSA) is 373 Å². The highest BCUT2D eigenvalue weighted by Gasteiger charge is 2.49. The van der Waals surface area contributed by atoms with Gasteiger partial charge >= 0.3 is 12.1 Å². The van der Waals surface area contributed by atoms with Crippen LogP contribution in [-0.2, 0) is 75.2 Å². The fourth-order valence-corrected chi connectivity index (χ4v) is 15.5. The number of nitrogens with one attached hydrogen (secondary N) is 6. The average Bonchev–Trinajstić information content (AvgIpc) is 1.62. The van der Waals surface area contributed by atoms with Crippen molar-refractivity contribution < 1.29 is 80.5 Å². The van der Waals surface area contributed by atoms with Crippen LogP contribution in [0.3, 0.4) is 0 Å². The van der Waals surface area contributed by atoms with Gasteiger partial charge in [0.1, 0.15) is 36.4 Å². The van der Waals surface area contributed by atoms with E-state index < -0.39 is 125 Å². The zero-order chi connectivity index (χ0) is 79.0. The number of benzene rings is 2. The van der Waals surface area contributed by atoms with E-state index >= 15 is 4.79 Å². The molecule has 0 spiro atoms. The molecule has 2 aliphatic heterocycles. The molecule has 3 aliphatic rings. The molecule has 1 aliphatic carbocycles. The zero-order valence-electron chi connectivity index (χ0n) is 64.5. The number of primary amides is 2. The lowest BCUT2D eigenvalue weighted by Crippen LogP contribution is -2.59. The van der Waals surface area contributed by atoms with Crippen molar-refractivity contribution in [3.63, 3.8) is 0 Å². The van der Waals surface area contributed by atoms with Crippen molar-refractivity contribution >= 4 is 88.6 Å². The fourth-order valence-electron chi connectivity index (χ4n) is 14.0. The standard InChI is InChI=1S/C75H117F2N13O15S/c1-16-46(8)65(88(13)72(100)63(44(4)5)85-70(98)64(45(6)7)86(10)11)56(103-14)37-60(93)90-40-50(36-55(90)66(104-15)47(9)67(95)80-34-30-51-52(76)22-20-23-53(51)77)87(12)74(102)105-41-48-26-28-49(29-27-48)82-68(96)54(24-21-33-81-73(79)101)83-69(97)62(43(2)3)84-59(92)25-18-17-19-35-89-61(94)38-57(71(89)99)106-42-75(31-32-75)39-58(78)91/h20,22-23,26-29,43-47,50,54-57,62-66H,16-19,21,24-25,30-42H2,1-15H3,(H2,78,91)(H,80,95)(H,82,96)(H,83,97)(H,84,92)(H,85,98)(H3,79,81,101)/t46-,47+,50-,54-,55-,56+,57?,62-,63-,64-,65-,66+/m0/s1. The number of imide groups is 1. The Bertz CT molecular complexity index is 3320. The van der Waals surface area contributed by atoms with Gasteiger partial charge < -0.3 is 72.3 Å². The highest BCUT2D eigenvalue weighted by molar-refractivity contribution is 8.00. The highest BCUT2D eigenvalue weighted by Crippen LogP contribution is 2.52. The van der Waals surface area contributed by atoms with E-state index in [2.05, 4.69) is 31.9 Å². The molecule has 106 heavy (non-hydrogen) atoms. The molecule has 592 valence electrons. The number of unbranched alkanes of at least 4 members (excludes halogenated alkanes) is 2. The summed E-state index contributed by atoms with van der Waals surface area (Å²) in [7, 11) is 9.60. The first-order valence-electron chi connectivity index (χ1n) is 37.0. The molecule has 13 amide bonds. The second kappa shape index (κ2) is 41.9. The first-order chi connectivity index (χ1) is 50.0. The second-order valence-electron chi connectivity index (χ2n) is 29.9. The molecule has 3 fully saturated rings. The Hall–Kier alpha value is -8.03. The summed E-state index contributed by atoms with van der Waals surface area (Å²) in [6, 6.07) is 3.21. The Morgan fingerprint density at radius 2 is 1.40 bits per heavy atom. The first kappa shape index (κ1) is 88.6. The van der Waals surface area contributed by atoms with Crippen molar-refractivity contribution in [3.8, 4) is 0 Å². The average molecular weight is 1510 g/mol. The second-order valence-corrected chi connectivity index (χ2v) is 31.1. The molecule has 10 N–H and O–H groups in total. The molecule has 0 bridgehead atoms. The number of rotatable bonds is 44. The van der Waals surface area contributed by atoms with E-state index in [9.17, 15) is 61.5 Å². The van der Waals surface area contributed by atoms with Crippen molar-refractivity contribution in [1.82, 2.24) is 51.1 Å². The molecular formula is C75H117F2N13O15S. The minimum atomic E-state index is -1.16. The van der Waals surface area contributed by atoms with Gasteiger partial charge in [-0.15, -0.1) is 11.8 Å². The van der Waals surface area contributed by atoms with Crippen LogP contribution in [0.4, 0.5) is 24.1 Å². The molecule has 12 atom stereocenters. The number of carbonyl (C=O) groups is 12. The highest BCUT2D eigenvalue weighted by atomic mass is 32.2. The molecule has 5 rings (SSSR count). The molecular weight excluding hydrogens is 1390 g/mol. The predicted octanol–water partition coefficient (Wildman–Crippen LogP) is 5.61. The number of hydrogen-bond donors (Lipinski definition) is 8. The Morgan fingerprint density at radius 3 is 1.96 bits per heavy atom. The monoisotopic (exact) mass is 1510 g/mol. The molecule has 2 heterocycles. The number of ether oxygens (including phenoxy) is 3. The minimum Gasteiger partial charge on any atom is -0.445 e. The number of methoxy groups -OCH3 is 2. The van der Waals surface area contributed by atoms with Gasteiger partial charge in [0.2, 0.25) is 59.1 Å². The van der Waals surface area contributed by atoms with Crippen LogP contribution in [0.2, 0.25) is 0 Å². The Balaban J connectivity index is 1.25. The lowest BCUT2D eigenvalue weighted by atomic mass is 9.89. The molecule has 31 heteroatoms. The maximum Gasteiger partial charge on any atom is 0.410 e. The van der Waals surface area contributed by atoms with E-state index in [0.717, 1.165) is 25.0 Å². The molecule has 0 aromatic heterocycles. The zero-order valence-corrected chi connectivity index (χ0v) is 65.3. The van der Waals surface area contributed by atoms with Gasteiger partial charge in [0.25, 0.3) is 0 Å². The maximum atomic E-state index is 15.2. The van der Waals surface area contributed by atoms with Crippen LogP contribution in [-0.4, -0.2) is 230 Å². The summed E-state index contributed by atoms with van der Waals surface area (Å²) < 4.78 is 47.3. The Labute approximate surface area is 627 Å². The van der Waals surface area contributed by atoms with Crippen molar-refractivity contribution in [2.75, 3.05) is 79.7 Å². The van der Waals surface area contributed by atoms with Gasteiger partial charge in [-0.2, -0.15) is 0 Å². The van der Waals surface area contributed by atoms with Crippen molar-refractivity contribution in [2.24, 2.45) is 46.5 Å². The van der Waals surface area contributed by atoms with Crippen molar-refractivity contribution in [3.05, 3.63) is 65.2 Å². The van der Waals surface area contributed by atoms with Crippen LogP contribution in [0.1, 0.15) is 157 Å². The van der Waals surface area contributed by atoms with Crippen LogP contribution in [0.5, 0.6) is 0 Å². The Morgan fingerprint density at radius 1 is 0.745 bits per heavy atom. The SMILES string of the molecule is CC[C@H](C)[C@@H]([C@@H](CC(=O)N1C[C@@H](N(C)C(=O)OCc2ccc(NC(=O)[C@H](CCCNC(N)=O)NC(=O)[C@@H](NC(=O)CCCCCN3C(=O)CC(SCC4(CC(N)=O)CC4)C3=O)C(C)C)cc2)C[C@H]1[C@H](OC)[C@@H](C)C(=O)NCCc1c(F)cccc1F)OC)N(C)C(=O)[C@@H](NC(=O)[C@H](C(C)C)N(C)C)C(C)C. The molecule has 1 saturated carbocycles. The number of anilines is 1. The van der Waals surface area contributed by atoms with Crippen LogP contribution in [0, 0.1) is 46.6 Å². The minimum absolute atomic E-state index is 0.0470. The van der Waals surface area contributed by atoms with E-state index in [-0.39, 0.29) is 142 Å². The van der Waals surface area contributed by atoms with E-state index in [4.69, 9.17) is 25.7 Å². The first-order valence-corrected chi connectivity index (χ1v) is 38.0. The van der Waals surface area contributed by atoms with E-state index in [1.54, 1.807) is 80.9 Å². The van der Waals surface area contributed by atoms with Crippen LogP contribution >= 0.6 is 11.8 Å². The van der Waals surface area contributed by atoms with E-state index in [0.29, 0.717) is 42.7 Å².